The number of ether oxygens (including phenoxy) is 1. The van der Waals surface area contributed by atoms with E-state index in [0.717, 1.165) is 19.4 Å². The first-order valence-electron chi connectivity index (χ1n) is 6.21. The van der Waals surface area contributed by atoms with Crippen LogP contribution >= 0.6 is 0 Å². The maximum absolute atomic E-state index is 12.3. The minimum atomic E-state index is -0.457. The smallest absolute Gasteiger partial charge is 0.240 e. The molecule has 1 amide bonds. The van der Waals surface area contributed by atoms with E-state index in [1.54, 1.807) is 0 Å². The molecule has 0 aromatic rings. The lowest BCUT2D eigenvalue weighted by Gasteiger charge is -2.32. The van der Waals surface area contributed by atoms with Crippen molar-refractivity contribution >= 4 is 5.91 Å². The first-order chi connectivity index (χ1) is 7.88. The lowest BCUT2D eigenvalue weighted by atomic mass is 9.86. The molecule has 0 radical (unpaired) electrons. The number of nitrogens with two attached hydrogens (primary N) is 2. The number of carbonyl (C=O) groups excluding carboxylic acids is 1. The fraction of sp³-hybridized carbons (Fsp3) is 0.917. The molecule has 0 aliphatic carbocycles. The van der Waals surface area contributed by atoms with Crippen LogP contribution in [0.4, 0.5) is 0 Å². The zero-order chi connectivity index (χ0) is 13.1. The SMILES string of the molecule is CC(C)(C)[C@H](N)C(=O)N1CCCC1COCN. The number of amides is 1. The van der Waals surface area contributed by atoms with Gasteiger partial charge in [-0.1, -0.05) is 20.8 Å². The van der Waals surface area contributed by atoms with E-state index in [4.69, 9.17) is 16.2 Å². The quantitative estimate of drug-likeness (QED) is 0.695. The largest absolute Gasteiger partial charge is 0.364 e. The predicted molar refractivity (Wildman–Crippen MR) is 67.2 cm³/mol. The Hall–Kier alpha value is -0.650. The molecule has 0 aromatic carbocycles. The molecule has 0 spiro atoms. The Labute approximate surface area is 103 Å². The average Bonchev–Trinajstić information content (AvgIpc) is 2.71. The highest BCUT2D eigenvalue weighted by Gasteiger charge is 2.36. The second-order valence-corrected chi connectivity index (χ2v) is 5.71. The van der Waals surface area contributed by atoms with Gasteiger partial charge in [-0.25, -0.2) is 0 Å². The minimum absolute atomic E-state index is 0.0284. The zero-order valence-corrected chi connectivity index (χ0v) is 11.1. The zero-order valence-electron chi connectivity index (χ0n) is 11.1. The summed E-state index contributed by atoms with van der Waals surface area (Å²) in [5, 5.41) is 0. The summed E-state index contributed by atoms with van der Waals surface area (Å²) in [5.74, 6) is 0.0284. The Bertz CT molecular complexity index is 263. The van der Waals surface area contributed by atoms with E-state index in [-0.39, 0.29) is 24.1 Å². The molecule has 5 heteroatoms. The molecule has 4 N–H and O–H groups in total. The highest BCUT2D eigenvalue weighted by molar-refractivity contribution is 5.83. The third kappa shape index (κ3) is 3.66. The standard InChI is InChI=1S/C12H25N3O2/c1-12(2,3)10(14)11(16)15-6-4-5-9(15)7-17-8-13/h9-10H,4-8,13-14H2,1-3H3/t9?,10-/m1/s1. The molecule has 1 rings (SSSR count). The number of hydrogen-bond acceptors (Lipinski definition) is 4. The van der Waals surface area contributed by atoms with Gasteiger partial charge in [0.15, 0.2) is 0 Å². The van der Waals surface area contributed by atoms with Crippen molar-refractivity contribution < 1.29 is 9.53 Å². The molecule has 17 heavy (non-hydrogen) atoms. The Morgan fingerprint density at radius 3 is 2.71 bits per heavy atom. The van der Waals surface area contributed by atoms with Gasteiger partial charge >= 0.3 is 0 Å². The van der Waals surface area contributed by atoms with Crippen molar-refractivity contribution in [2.75, 3.05) is 19.9 Å². The fourth-order valence-electron chi connectivity index (χ4n) is 2.05. The Balaban J connectivity index is 2.61. The molecule has 2 atom stereocenters. The van der Waals surface area contributed by atoms with Crippen molar-refractivity contribution in [2.24, 2.45) is 16.9 Å². The molecule has 1 aliphatic rings. The highest BCUT2D eigenvalue weighted by atomic mass is 16.5. The summed E-state index contributed by atoms with van der Waals surface area (Å²) >= 11 is 0. The summed E-state index contributed by atoms with van der Waals surface area (Å²) in [4.78, 5) is 14.1. The molecule has 5 nitrogen and oxygen atoms in total. The van der Waals surface area contributed by atoms with Crippen molar-refractivity contribution in [1.82, 2.24) is 4.90 Å². The summed E-state index contributed by atoms with van der Waals surface area (Å²) in [5.41, 5.74) is 11.1. The Kier molecular flexibility index (Phi) is 4.91. The third-order valence-corrected chi connectivity index (χ3v) is 3.29. The summed E-state index contributed by atoms with van der Waals surface area (Å²) in [6.45, 7) is 7.44. The molecular weight excluding hydrogens is 218 g/mol. The van der Waals surface area contributed by atoms with Gasteiger partial charge in [0.1, 0.15) is 0 Å². The molecular formula is C12H25N3O2. The molecule has 1 fully saturated rings. The molecule has 1 heterocycles. The van der Waals surface area contributed by atoms with Crippen molar-refractivity contribution in [1.29, 1.82) is 0 Å². The monoisotopic (exact) mass is 243 g/mol. The van der Waals surface area contributed by atoms with Crippen LogP contribution in [0, 0.1) is 5.41 Å². The number of hydrogen-bond donors (Lipinski definition) is 2. The lowest BCUT2D eigenvalue weighted by Crippen LogP contribution is -2.52. The van der Waals surface area contributed by atoms with E-state index < -0.39 is 6.04 Å². The van der Waals surface area contributed by atoms with E-state index in [0.29, 0.717) is 6.61 Å². The lowest BCUT2D eigenvalue weighted by molar-refractivity contribution is -0.136. The van der Waals surface area contributed by atoms with Crippen molar-refractivity contribution in [3.05, 3.63) is 0 Å². The van der Waals surface area contributed by atoms with Crippen molar-refractivity contribution in [2.45, 2.75) is 45.7 Å². The van der Waals surface area contributed by atoms with Gasteiger partial charge in [0.05, 0.1) is 25.4 Å². The molecule has 1 saturated heterocycles. The second-order valence-electron chi connectivity index (χ2n) is 5.71. The normalized spacial score (nSPS) is 22.9. The summed E-state index contributed by atoms with van der Waals surface area (Å²) in [6.07, 6.45) is 1.99. The van der Waals surface area contributed by atoms with Crippen molar-refractivity contribution in [3.63, 3.8) is 0 Å². The predicted octanol–water partition coefficient (Wildman–Crippen LogP) is 0.284. The fourth-order valence-corrected chi connectivity index (χ4v) is 2.05. The molecule has 100 valence electrons. The molecule has 0 saturated carbocycles. The topological polar surface area (TPSA) is 81.6 Å². The van der Waals surface area contributed by atoms with Gasteiger partial charge in [0.2, 0.25) is 5.91 Å². The van der Waals surface area contributed by atoms with Crippen LogP contribution in [0.25, 0.3) is 0 Å². The number of carbonyl (C=O) groups is 1. The van der Waals surface area contributed by atoms with Gasteiger partial charge in [-0.3, -0.25) is 4.79 Å². The van der Waals surface area contributed by atoms with Crippen LogP contribution in [-0.4, -0.2) is 42.8 Å². The van der Waals surface area contributed by atoms with E-state index in [1.807, 2.05) is 25.7 Å². The average molecular weight is 243 g/mol. The summed E-state index contributed by atoms with van der Waals surface area (Å²) in [6, 6.07) is -0.319. The van der Waals surface area contributed by atoms with Crippen LogP contribution in [-0.2, 0) is 9.53 Å². The van der Waals surface area contributed by atoms with Gasteiger partial charge in [-0.05, 0) is 18.3 Å². The maximum atomic E-state index is 12.3. The van der Waals surface area contributed by atoms with Gasteiger partial charge in [-0.2, -0.15) is 0 Å². The Morgan fingerprint density at radius 2 is 2.18 bits per heavy atom. The molecule has 0 bridgehead atoms. The number of rotatable bonds is 4. The van der Waals surface area contributed by atoms with Crippen LogP contribution in [0.2, 0.25) is 0 Å². The van der Waals surface area contributed by atoms with E-state index in [9.17, 15) is 4.79 Å². The summed E-state index contributed by atoms with van der Waals surface area (Å²) < 4.78 is 5.21. The van der Waals surface area contributed by atoms with Crippen LogP contribution in [0.1, 0.15) is 33.6 Å². The maximum Gasteiger partial charge on any atom is 0.240 e. The first-order valence-corrected chi connectivity index (χ1v) is 6.21. The van der Waals surface area contributed by atoms with Crippen molar-refractivity contribution in [3.8, 4) is 0 Å². The Morgan fingerprint density at radius 1 is 1.53 bits per heavy atom. The second kappa shape index (κ2) is 5.80. The number of nitrogens with zero attached hydrogens (tertiary/aromatic N) is 1. The molecule has 1 unspecified atom stereocenters. The van der Waals surface area contributed by atoms with E-state index in [2.05, 4.69) is 0 Å². The van der Waals surface area contributed by atoms with E-state index in [1.165, 1.54) is 0 Å². The first kappa shape index (κ1) is 14.4. The number of likely N-dealkylation sites (tertiary alicyclic amines) is 1. The van der Waals surface area contributed by atoms with Crippen LogP contribution in [0.15, 0.2) is 0 Å². The molecule has 0 aromatic heterocycles. The van der Waals surface area contributed by atoms with Gasteiger partial charge < -0.3 is 21.1 Å². The van der Waals surface area contributed by atoms with Crippen LogP contribution in [0.5, 0.6) is 0 Å². The van der Waals surface area contributed by atoms with Gasteiger partial charge in [-0.15, -0.1) is 0 Å². The van der Waals surface area contributed by atoms with Crippen LogP contribution < -0.4 is 11.5 Å². The summed E-state index contributed by atoms with van der Waals surface area (Å²) in [7, 11) is 0. The van der Waals surface area contributed by atoms with Gasteiger partial charge in [0, 0.05) is 6.54 Å². The third-order valence-electron chi connectivity index (χ3n) is 3.29. The van der Waals surface area contributed by atoms with E-state index >= 15 is 0 Å². The van der Waals surface area contributed by atoms with Crippen LogP contribution in [0.3, 0.4) is 0 Å². The highest BCUT2D eigenvalue weighted by Crippen LogP contribution is 2.24. The molecule has 1 aliphatic heterocycles. The van der Waals surface area contributed by atoms with Gasteiger partial charge in [0.25, 0.3) is 0 Å². The minimum Gasteiger partial charge on any atom is -0.364 e.